The number of rotatable bonds is 7. The van der Waals surface area contributed by atoms with Crippen LogP contribution in [0, 0.1) is 31.4 Å². The fourth-order valence-corrected chi connectivity index (χ4v) is 4.73. The molecule has 42 heavy (non-hydrogen) atoms. The van der Waals surface area contributed by atoms with Gasteiger partial charge in [-0.15, -0.1) is 0 Å². The summed E-state index contributed by atoms with van der Waals surface area (Å²) in [6.07, 6.45) is 5.02. The Morgan fingerprint density at radius 3 is 2.43 bits per heavy atom. The molecular weight excluding hydrogens is 544 g/mol. The summed E-state index contributed by atoms with van der Waals surface area (Å²) in [5, 5.41) is 5.37. The molecule has 0 bridgehead atoms. The smallest absolute Gasteiger partial charge is 0.268 e. The lowest BCUT2D eigenvalue weighted by molar-refractivity contribution is -0.117. The molecule has 3 aromatic heterocycles. The van der Waals surface area contributed by atoms with Crippen LogP contribution >= 0.6 is 0 Å². The average molecular weight is 570 g/mol. The first-order valence-electron chi connectivity index (χ1n) is 13.2. The molecule has 6 rings (SSSR count). The van der Waals surface area contributed by atoms with E-state index in [0.29, 0.717) is 34.2 Å². The van der Waals surface area contributed by atoms with Gasteiger partial charge in [0.05, 0.1) is 12.4 Å². The molecule has 1 saturated carbocycles. The lowest BCUT2D eigenvalue weighted by Crippen LogP contribution is -2.31. The van der Waals surface area contributed by atoms with E-state index in [-0.39, 0.29) is 28.8 Å². The highest BCUT2D eigenvalue weighted by molar-refractivity contribution is 6.05. The van der Waals surface area contributed by atoms with Gasteiger partial charge in [0.2, 0.25) is 5.91 Å². The minimum atomic E-state index is -0.736. The number of aromatic nitrogens is 3. The highest BCUT2D eigenvalue weighted by atomic mass is 19.1. The molecule has 3 heterocycles. The molecule has 0 aliphatic heterocycles. The van der Waals surface area contributed by atoms with Crippen molar-refractivity contribution in [2.45, 2.75) is 26.7 Å². The van der Waals surface area contributed by atoms with Gasteiger partial charge in [-0.25, -0.2) is 13.8 Å². The van der Waals surface area contributed by atoms with E-state index in [1.165, 1.54) is 41.0 Å². The number of anilines is 2. The number of fused-ring (bicyclic) bond motifs is 1. The van der Waals surface area contributed by atoms with Crippen LogP contribution in [-0.2, 0) is 4.79 Å². The summed E-state index contributed by atoms with van der Waals surface area (Å²) in [6, 6.07) is 14.3. The van der Waals surface area contributed by atoms with Crippen molar-refractivity contribution in [1.29, 1.82) is 0 Å². The summed E-state index contributed by atoms with van der Waals surface area (Å²) in [5.41, 5.74) is 1.43. The predicted octanol–water partition coefficient (Wildman–Crippen LogP) is 5.77. The number of carbonyl (C=O) groups excluding carboxylic acids is 2. The Labute approximate surface area is 238 Å². The Kier molecular flexibility index (Phi) is 6.77. The van der Waals surface area contributed by atoms with Crippen molar-refractivity contribution in [3.05, 3.63) is 112 Å². The van der Waals surface area contributed by atoms with E-state index in [1.54, 1.807) is 48.8 Å². The average Bonchev–Trinajstić information content (AvgIpc) is 3.71. The zero-order chi connectivity index (χ0) is 29.5. The summed E-state index contributed by atoms with van der Waals surface area (Å²) < 4.78 is 37.1. The minimum absolute atomic E-state index is 0.0468. The number of amides is 2. The quantitative estimate of drug-likeness (QED) is 0.259. The van der Waals surface area contributed by atoms with Crippen LogP contribution in [0.1, 0.15) is 34.5 Å². The zero-order valence-electron chi connectivity index (χ0n) is 22.7. The van der Waals surface area contributed by atoms with Crippen molar-refractivity contribution in [1.82, 2.24) is 14.0 Å². The largest absolute Gasteiger partial charge is 0.453 e. The number of hydrogen-bond donors (Lipinski definition) is 2. The lowest BCUT2D eigenvalue weighted by atomic mass is 10.1. The Hall–Kier alpha value is -5.32. The Morgan fingerprint density at radius 1 is 0.952 bits per heavy atom. The summed E-state index contributed by atoms with van der Waals surface area (Å²) in [6.45, 7) is 3.35. The summed E-state index contributed by atoms with van der Waals surface area (Å²) in [5.74, 6) is -1.24. The number of aryl methyl sites for hydroxylation is 2. The van der Waals surface area contributed by atoms with E-state index in [1.807, 2.05) is 0 Å². The van der Waals surface area contributed by atoms with Crippen LogP contribution < -0.4 is 20.9 Å². The van der Waals surface area contributed by atoms with Gasteiger partial charge in [0.25, 0.3) is 11.5 Å². The number of benzene rings is 2. The van der Waals surface area contributed by atoms with E-state index >= 15 is 4.39 Å². The van der Waals surface area contributed by atoms with Crippen molar-refractivity contribution in [2.24, 2.45) is 5.92 Å². The zero-order valence-corrected chi connectivity index (χ0v) is 22.7. The lowest BCUT2D eigenvalue weighted by Gasteiger charge is -2.15. The Morgan fingerprint density at radius 2 is 1.71 bits per heavy atom. The summed E-state index contributed by atoms with van der Waals surface area (Å²) in [7, 11) is 0. The highest BCUT2D eigenvalue weighted by Gasteiger charge is 2.30. The van der Waals surface area contributed by atoms with E-state index in [2.05, 4.69) is 15.6 Å². The van der Waals surface area contributed by atoms with Crippen LogP contribution in [0.15, 0.2) is 77.9 Å². The van der Waals surface area contributed by atoms with Crippen molar-refractivity contribution < 1.29 is 23.1 Å². The predicted molar refractivity (Wildman–Crippen MR) is 152 cm³/mol. The molecule has 2 N–H and O–H groups in total. The first kappa shape index (κ1) is 26.9. The molecule has 0 atom stereocenters. The number of imidazole rings is 1. The second kappa shape index (κ2) is 10.6. The van der Waals surface area contributed by atoms with Crippen molar-refractivity contribution in [2.75, 3.05) is 10.6 Å². The fourth-order valence-electron chi connectivity index (χ4n) is 4.73. The van der Waals surface area contributed by atoms with Gasteiger partial charge in [0.1, 0.15) is 22.8 Å². The van der Waals surface area contributed by atoms with Crippen LogP contribution in [0.3, 0.4) is 0 Å². The second-order valence-corrected chi connectivity index (χ2v) is 10.2. The topological polar surface area (TPSA) is 107 Å². The van der Waals surface area contributed by atoms with Crippen LogP contribution in [0.25, 0.3) is 11.3 Å². The molecule has 11 heteroatoms. The number of halogens is 2. The normalized spacial score (nSPS) is 12.8. The molecule has 1 fully saturated rings. The fraction of sp³-hybridized carbons (Fsp3) is 0.161. The van der Waals surface area contributed by atoms with Crippen molar-refractivity contribution >= 4 is 29.0 Å². The molecule has 0 saturated heterocycles. The summed E-state index contributed by atoms with van der Waals surface area (Å²) >= 11 is 0. The first-order valence-corrected chi connectivity index (χ1v) is 13.2. The van der Waals surface area contributed by atoms with Gasteiger partial charge in [-0.1, -0.05) is 0 Å². The molecule has 2 amide bonds. The van der Waals surface area contributed by atoms with Gasteiger partial charge in [-0.2, -0.15) is 0 Å². The molecule has 0 spiro atoms. The molecule has 5 aromatic rings. The van der Waals surface area contributed by atoms with Crippen molar-refractivity contribution in [3.8, 4) is 17.2 Å². The third-order valence-electron chi connectivity index (χ3n) is 6.94. The van der Waals surface area contributed by atoms with Crippen molar-refractivity contribution in [3.63, 3.8) is 0 Å². The van der Waals surface area contributed by atoms with Gasteiger partial charge in [-0.3, -0.25) is 19.0 Å². The third-order valence-corrected chi connectivity index (χ3v) is 6.94. The number of hydrogen-bond acceptors (Lipinski definition) is 5. The third kappa shape index (κ3) is 5.36. The molecule has 0 radical (unpaired) electrons. The number of pyridine rings is 2. The molecule has 9 nitrogen and oxygen atoms in total. The van der Waals surface area contributed by atoms with E-state index in [9.17, 15) is 18.8 Å². The molecule has 1 aliphatic rings. The maximum atomic E-state index is 15.0. The van der Waals surface area contributed by atoms with Crippen LogP contribution in [-0.4, -0.2) is 25.8 Å². The number of nitrogens with one attached hydrogen (secondary N) is 2. The van der Waals surface area contributed by atoms with Gasteiger partial charge in [0, 0.05) is 29.1 Å². The Balaban J connectivity index is 1.19. The molecule has 1 aliphatic carbocycles. The van der Waals surface area contributed by atoms with Crippen LogP contribution in [0.5, 0.6) is 11.5 Å². The molecule has 212 valence electrons. The van der Waals surface area contributed by atoms with Gasteiger partial charge < -0.3 is 19.8 Å². The molecule has 2 aromatic carbocycles. The number of carbonyl (C=O) groups is 2. The summed E-state index contributed by atoms with van der Waals surface area (Å²) in [4.78, 5) is 42.9. The molecular formula is C31H25F2N5O4. The minimum Gasteiger partial charge on any atom is -0.453 e. The van der Waals surface area contributed by atoms with Gasteiger partial charge in [-0.05, 0) is 86.8 Å². The van der Waals surface area contributed by atoms with E-state index in [0.717, 1.165) is 18.9 Å². The van der Waals surface area contributed by atoms with Crippen LogP contribution in [0.2, 0.25) is 0 Å². The monoisotopic (exact) mass is 569 g/mol. The standard InChI is InChI=1S/C31H25F2N5O4/c1-17-13-18(2)38(22-8-5-20(32)6-9-22)31(41)28(17)30(40)34-21-7-11-25(24(33)14-21)42-23-10-12-27-35-26(16-37(27)15-23)36-29(39)19-3-4-19/h5-16,19H,3-4H2,1-2H3,(H,34,40)(H,36,39). The Bertz CT molecular complexity index is 1930. The SMILES string of the molecule is Cc1cc(C)n(-c2ccc(F)cc2)c(=O)c1C(=O)Nc1ccc(Oc2ccc3nc(NC(=O)C4CC4)cn3c2)c(F)c1. The molecule has 0 unspecified atom stereocenters. The maximum Gasteiger partial charge on any atom is 0.268 e. The highest BCUT2D eigenvalue weighted by Crippen LogP contribution is 2.31. The number of ether oxygens (including phenoxy) is 1. The van der Waals surface area contributed by atoms with E-state index in [4.69, 9.17) is 4.74 Å². The van der Waals surface area contributed by atoms with Gasteiger partial charge in [0.15, 0.2) is 17.4 Å². The first-order chi connectivity index (χ1) is 20.2. The van der Waals surface area contributed by atoms with E-state index < -0.39 is 23.1 Å². The van der Waals surface area contributed by atoms with Gasteiger partial charge >= 0.3 is 0 Å². The maximum absolute atomic E-state index is 15.0. The second-order valence-electron chi connectivity index (χ2n) is 10.2. The number of nitrogens with zero attached hydrogens (tertiary/aromatic N) is 3. The van der Waals surface area contributed by atoms with Crippen LogP contribution in [0.4, 0.5) is 20.3 Å².